The van der Waals surface area contributed by atoms with E-state index in [0.717, 1.165) is 82.1 Å². The van der Waals surface area contributed by atoms with Crippen LogP contribution in [0.1, 0.15) is 60.1 Å². The van der Waals surface area contributed by atoms with Crippen LogP contribution in [0.25, 0.3) is 0 Å². The highest BCUT2D eigenvalue weighted by molar-refractivity contribution is 7.13. The van der Waals surface area contributed by atoms with Crippen LogP contribution < -0.4 is 10.3 Å². The predicted octanol–water partition coefficient (Wildman–Crippen LogP) is 4.38. The summed E-state index contributed by atoms with van der Waals surface area (Å²) in [7, 11) is 1.58. The molecule has 0 spiro atoms. The maximum atomic E-state index is 13.0. The minimum absolute atomic E-state index is 0.217. The molecule has 2 aromatic rings. The number of carbonyl (C=O) groups excluding carboxylic acids is 1. The van der Waals surface area contributed by atoms with Crippen LogP contribution in [0.4, 0.5) is 8.78 Å². The quantitative estimate of drug-likeness (QED) is 0.483. The Morgan fingerprint density at radius 3 is 2.75 bits per heavy atom. The zero-order chi connectivity index (χ0) is 25.7. The van der Waals surface area contributed by atoms with Crippen molar-refractivity contribution in [3.8, 4) is 5.19 Å². The van der Waals surface area contributed by atoms with Crippen molar-refractivity contribution in [2.75, 3.05) is 26.2 Å². The second kappa shape index (κ2) is 11.7. The van der Waals surface area contributed by atoms with Crippen LogP contribution in [0.3, 0.4) is 0 Å². The number of amides is 1. The average Bonchev–Trinajstić information content (AvgIpc) is 3.15. The summed E-state index contributed by atoms with van der Waals surface area (Å²) in [6.45, 7) is 3.13. The Kier molecular flexibility index (Phi) is 8.66. The summed E-state index contributed by atoms with van der Waals surface area (Å²) in [4.78, 5) is 36.3. The number of hydrogen-bond acceptors (Lipinski definition) is 6. The molecule has 2 aliphatic rings. The number of halogens is 2. The van der Waals surface area contributed by atoms with Crippen molar-refractivity contribution in [1.29, 1.82) is 0 Å². The minimum Gasteiger partial charge on any atom is -0.464 e. The molecular formula is C26H34F2N4O3S. The van der Waals surface area contributed by atoms with Crippen LogP contribution in [0, 0.1) is 11.8 Å². The predicted molar refractivity (Wildman–Crippen MR) is 137 cm³/mol. The van der Waals surface area contributed by atoms with Gasteiger partial charge >= 0.3 is 0 Å². The Morgan fingerprint density at radius 2 is 2.00 bits per heavy atom. The number of fused-ring (bicyclic) bond motifs is 1. The van der Waals surface area contributed by atoms with Crippen molar-refractivity contribution in [2.45, 2.75) is 57.8 Å². The van der Waals surface area contributed by atoms with Crippen molar-refractivity contribution in [2.24, 2.45) is 23.9 Å². The standard InChI is InChI=1S/C26H34F2N4O3S/c1-26(27,28)17-35-25-30-20-11-14-32(15-12-22(20)36-25)13-10-18-6-8-19(9-7-18)16-29-24(34)21-4-3-5-23(33)31(21)2/h3-5,16,18-19H,6-15,17H2,1-2H3. The van der Waals surface area contributed by atoms with E-state index in [9.17, 15) is 18.4 Å². The average molecular weight is 521 g/mol. The van der Waals surface area contributed by atoms with E-state index in [-0.39, 0.29) is 11.5 Å². The number of alkyl halides is 2. The van der Waals surface area contributed by atoms with Gasteiger partial charge < -0.3 is 14.2 Å². The lowest BCUT2D eigenvalue weighted by Gasteiger charge is -2.28. The molecule has 0 N–H and O–H groups in total. The van der Waals surface area contributed by atoms with Crippen LogP contribution in [0.5, 0.6) is 5.19 Å². The highest BCUT2D eigenvalue weighted by Crippen LogP contribution is 2.32. The first-order chi connectivity index (χ1) is 17.2. The Balaban J connectivity index is 1.17. The van der Waals surface area contributed by atoms with E-state index in [1.54, 1.807) is 25.4 Å². The highest BCUT2D eigenvalue weighted by atomic mass is 32.1. The number of aromatic nitrogens is 2. The van der Waals surface area contributed by atoms with Gasteiger partial charge in [0.05, 0.1) is 5.69 Å². The zero-order valence-corrected chi connectivity index (χ0v) is 21.7. The van der Waals surface area contributed by atoms with Crippen LogP contribution in [-0.4, -0.2) is 58.7 Å². The maximum Gasteiger partial charge on any atom is 0.293 e. The Hall–Kier alpha value is -2.46. The monoisotopic (exact) mass is 520 g/mol. The molecule has 1 aliphatic carbocycles. The molecule has 7 nitrogen and oxygen atoms in total. The van der Waals surface area contributed by atoms with Gasteiger partial charge in [0.2, 0.25) is 0 Å². The van der Waals surface area contributed by atoms with Crippen molar-refractivity contribution in [3.63, 3.8) is 0 Å². The molecule has 36 heavy (non-hydrogen) atoms. The largest absolute Gasteiger partial charge is 0.464 e. The molecule has 0 atom stereocenters. The van der Waals surface area contributed by atoms with E-state index in [2.05, 4.69) is 14.9 Å². The van der Waals surface area contributed by atoms with E-state index in [1.165, 1.54) is 22.0 Å². The number of thiazole rings is 1. The lowest BCUT2D eigenvalue weighted by Crippen LogP contribution is -2.29. The Bertz CT molecular complexity index is 1110. The second-order valence-corrected chi connectivity index (χ2v) is 11.1. The van der Waals surface area contributed by atoms with Crippen molar-refractivity contribution >= 4 is 23.5 Å². The zero-order valence-electron chi connectivity index (χ0n) is 20.9. The summed E-state index contributed by atoms with van der Waals surface area (Å²) < 4.78 is 32.6. The van der Waals surface area contributed by atoms with E-state index in [0.29, 0.717) is 22.7 Å². The van der Waals surface area contributed by atoms with Gasteiger partial charge in [0, 0.05) is 50.6 Å². The Morgan fingerprint density at radius 1 is 1.25 bits per heavy atom. The summed E-state index contributed by atoms with van der Waals surface area (Å²) in [5.74, 6) is -2.25. The maximum absolute atomic E-state index is 13.0. The third kappa shape index (κ3) is 7.29. The van der Waals surface area contributed by atoms with Gasteiger partial charge in [-0.1, -0.05) is 17.4 Å². The number of hydrogen-bond donors (Lipinski definition) is 0. The van der Waals surface area contributed by atoms with Crippen LogP contribution in [-0.2, 0) is 19.9 Å². The number of ether oxygens (including phenoxy) is 1. The summed E-state index contributed by atoms with van der Waals surface area (Å²) in [5, 5.41) is 0.352. The van der Waals surface area contributed by atoms with Crippen LogP contribution in [0.2, 0.25) is 0 Å². The van der Waals surface area contributed by atoms with Crippen molar-refractivity contribution in [3.05, 3.63) is 44.8 Å². The summed E-state index contributed by atoms with van der Waals surface area (Å²) in [5.41, 5.74) is 1.08. The van der Waals surface area contributed by atoms with Gasteiger partial charge in [-0.05, 0) is 63.0 Å². The SMILES string of the molecule is Cn1c(C(=O)N=CC2CCC(CCN3CCc4nc(OCC(C)(F)F)sc4CC3)CC2)cccc1=O. The number of nitrogens with zero attached hydrogens (tertiary/aromatic N) is 4. The molecule has 0 bridgehead atoms. The van der Waals surface area contributed by atoms with E-state index in [1.807, 2.05) is 0 Å². The molecule has 0 saturated heterocycles. The molecule has 196 valence electrons. The molecule has 2 aromatic heterocycles. The molecule has 1 aliphatic heterocycles. The molecule has 1 saturated carbocycles. The van der Waals surface area contributed by atoms with Gasteiger partial charge in [-0.15, -0.1) is 0 Å². The molecule has 0 aromatic carbocycles. The fourth-order valence-corrected chi connectivity index (χ4v) is 5.81. The number of pyridine rings is 1. The van der Waals surface area contributed by atoms with Gasteiger partial charge in [0.1, 0.15) is 5.69 Å². The van der Waals surface area contributed by atoms with Crippen LogP contribution >= 0.6 is 11.3 Å². The van der Waals surface area contributed by atoms with Crippen molar-refractivity contribution < 1.29 is 18.3 Å². The molecule has 1 amide bonds. The fraction of sp³-hybridized carbons (Fsp3) is 0.615. The molecule has 0 radical (unpaired) electrons. The number of aliphatic imine (C=N–C) groups is 1. The van der Waals surface area contributed by atoms with Gasteiger partial charge in [-0.2, -0.15) is 0 Å². The van der Waals surface area contributed by atoms with Gasteiger partial charge in [0.25, 0.3) is 22.6 Å². The molecule has 10 heteroatoms. The van der Waals surface area contributed by atoms with Gasteiger partial charge in [-0.25, -0.2) is 18.8 Å². The fourth-order valence-electron chi connectivity index (χ4n) is 4.87. The first-order valence-corrected chi connectivity index (χ1v) is 13.5. The summed E-state index contributed by atoms with van der Waals surface area (Å²) in [6.07, 6.45) is 8.92. The lowest BCUT2D eigenvalue weighted by atomic mass is 9.81. The lowest BCUT2D eigenvalue weighted by molar-refractivity contribution is -0.0230. The third-order valence-electron chi connectivity index (χ3n) is 7.08. The van der Waals surface area contributed by atoms with Crippen molar-refractivity contribution in [1.82, 2.24) is 14.5 Å². The van der Waals surface area contributed by atoms with Gasteiger partial charge in [0.15, 0.2) is 6.61 Å². The van der Waals surface area contributed by atoms with E-state index >= 15 is 0 Å². The molecule has 0 unspecified atom stereocenters. The second-order valence-electron chi connectivity index (χ2n) is 10.0. The molecular weight excluding hydrogens is 486 g/mol. The minimum atomic E-state index is -2.85. The number of rotatable bonds is 8. The van der Waals surface area contributed by atoms with E-state index in [4.69, 9.17) is 4.74 Å². The molecule has 3 heterocycles. The number of carbonyl (C=O) groups is 1. The van der Waals surface area contributed by atoms with Gasteiger partial charge in [-0.3, -0.25) is 9.59 Å². The smallest absolute Gasteiger partial charge is 0.293 e. The molecule has 1 fully saturated rings. The first-order valence-electron chi connectivity index (χ1n) is 12.6. The van der Waals surface area contributed by atoms with Crippen LogP contribution in [0.15, 0.2) is 28.0 Å². The summed E-state index contributed by atoms with van der Waals surface area (Å²) in [6, 6.07) is 4.63. The Labute approximate surface area is 214 Å². The third-order valence-corrected chi connectivity index (χ3v) is 8.15. The molecule has 4 rings (SSSR count). The topological polar surface area (TPSA) is 76.8 Å². The normalized spacial score (nSPS) is 21.3. The first kappa shape index (κ1) is 26.6. The summed E-state index contributed by atoms with van der Waals surface area (Å²) >= 11 is 1.40. The van der Waals surface area contributed by atoms with E-state index < -0.39 is 12.5 Å². The highest BCUT2D eigenvalue weighted by Gasteiger charge is 2.25.